The van der Waals surface area contributed by atoms with E-state index in [9.17, 15) is 13.6 Å². The van der Waals surface area contributed by atoms with Gasteiger partial charge in [-0.25, -0.2) is 13.6 Å². The maximum Gasteiger partial charge on any atom is 0.342 e. The number of halogens is 3. The summed E-state index contributed by atoms with van der Waals surface area (Å²) in [6.45, 7) is 0. The summed E-state index contributed by atoms with van der Waals surface area (Å²) >= 11 is 6.04. The van der Waals surface area contributed by atoms with Gasteiger partial charge in [-0.1, -0.05) is 17.7 Å². The Morgan fingerprint density at radius 2 is 1.90 bits per heavy atom. The van der Waals surface area contributed by atoms with Crippen LogP contribution >= 0.6 is 11.6 Å². The highest BCUT2D eigenvalue weighted by Crippen LogP contribution is 2.33. The first-order valence-electron chi connectivity index (χ1n) is 5.76. The Bertz CT molecular complexity index is 769. The van der Waals surface area contributed by atoms with Gasteiger partial charge in [-0.2, -0.15) is 5.26 Å². The average molecular weight is 308 g/mol. The van der Waals surface area contributed by atoms with Crippen LogP contribution in [0.3, 0.4) is 0 Å². The Hall–Kier alpha value is -2.45. The number of carbonyl (C=O) groups is 1. The van der Waals surface area contributed by atoms with E-state index in [1.54, 1.807) is 6.07 Å². The highest BCUT2D eigenvalue weighted by atomic mass is 35.5. The van der Waals surface area contributed by atoms with Gasteiger partial charge in [0.25, 0.3) is 0 Å². The number of hydrogen-bond acceptors (Lipinski definition) is 3. The summed E-state index contributed by atoms with van der Waals surface area (Å²) in [6, 6.07) is 7.87. The third-order valence-corrected chi connectivity index (χ3v) is 3.27. The molecule has 3 nitrogen and oxygen atoms in total. The second-order valence-electron chi connectivity index (χ2n) is 4.08. The molecular formula is C15H8ClF2NO2. The minimum atomic E-state index is -0.915. The third kappa shape index (κ3) is 2.71. The Morgan fingerprint density at radius 3 is 2.52 bits per heavy atom. The van der Waals surface area contributed by atoms with Crippen LogP contribution in [0.2, 0.25) is 5.02 Å². The predicted molar refractivity (Wildman–Crippen MR) is 72.9 cm³/mol. The van der Waals surface area contributed by atoms with Gasteiger partial charge in [-0.15, -0.1) is 0 Å². The van der Waals surface area contributed by atoms with Gasteiger partial charge in [0.2, 0.25) is 0 Å². The van der Waals surface area contributed by atoms with E-state index in [0.717, 1.165) is 19.2 Å². The van der Waals surface area contributed by atoms with Crippen molar-refractivity contribution in [3.63, 3.8) is 0 Å². The molecule has 0 N–H and O–H groups in total. The molecule has 0 saturated heterocycles. The molecule has 0 amide bonds. The Kier molecular flexibility index (Phi) is 4.20. The normalized spacial score (nSPS) is 10.0. The number of carbonyl (C=O) groups excluding carboxylic acids is 1. The van der Waals surface area contributed by atoms with Gasteiger partial charge in [0.15, 0.2) is 0 Å². The molecule has 0 spiro atoms. The van der Waals surface area contributed by atoms with Crippen molar-refractivity contribution in [1.82, 2.24) is 0 Å². The lowest BCUT2D eigenvalue weighted by atomic mass is 10.0. The predicted octanol–water partition coefficient (Wildman–Crippen LogP) is 3.94. The fraction of sp³-hybridized carbons (Fsp3) is 0.0667. The first-order valence-corrected chi connectivity index (χ1v) is 6.13. The lowest BCUT2D eigenvalue weighted by Gasteiger charge is -2.10. The number of nitrogens with zero attached hydrogens (tertiary/aromatic N) is 1. The number of esters is 1. The van der Waals surface area contributed by atoms with Crippen LogP contribution in [0.25, 0.3) is 11.1 Å². The largest absolute Gasteiger partial charge is 0.465 e. The van der Waals surface area contributed by atoms with E-state index in [0.29, 0.717) is 11.1 Å². The molecule has 0 aromatic heterocycles. The molecule has 0 atom stereocenters. The quantitative estimate of drug-likeness (QED) is 0.790. The summed E-state index contributed by atoms with van der Waals surface area (Å²) < 4.78 is 31.5. The number of ether oxygens (including phenoxy) is 1. The standard InChI is InChI=1S/C15H8ClF2NO2/c1-21-15(20)13-12(18)5-3-10(14(13)16)8-2-4-11(17)9(6-8)7-19/h2-6H,1H3. The molecule has 0 bridgehead atoms. The van der Waals surface area contributed by atoms with Crippen LogP contribution in [0.4, 0.5) is 8.78 Å². The molecule has 0 heterocycles. The zero-order valence-corrected chi connectivity index (χ0v) is 11.5. The Balaban J connectivity index is 2.66. The topological polar surface area (TPSA) is 50.1 Å². The molecule has 0 fully saturated rings. The van der Waals surface area contributed by atoms with Gasteiger partial charge in [0, 0.05) is 5.56 Å². The van der Waals surface area contributed by atoms with E-state index in [2.05, 4.69) is 4.74 Å². The van der Waals surface area contributed by atoms with Crippen LogP contribution in [-0.4, -0.2) is 13.1 Å². The fourth-order valence-electron chi connectivity index (χ4n) is 1.84. The minimum Gasteiger partial charge on any atom is -0.465 e. The molecule has 0 aliphatic heterocycles. The zero-order chi connectivity index (χ0) is 15.6. The molecule has 0 radical (unpaired) electrons. The maximum absolute atomic E-state index is 13.7. The smallest absolute Gasteiger partial charge is 0.342 e. The van der Waals surface area contributed by atoms with Crippen molar-refractivity contribution in [2.24, 2.45) is 0 Å². The van der Waals surface area contributed by atoms with Gasteiger partial charge >= 0.3 is 5.97 Å². The van der Waals surface area contributed by atoms with Crippen LogP contribution in [0.1, 0.15) is 15.9 Å². The van der Waals surface area contributed by atoms with E-state index in [1.807, 2.05) is 0 Å². The molecule has 0 aliphatic rings. The van der Waals surface area contributed by atoms with Gasteiger partial charge < -0.3 is 4.74 Å². The van der Waals surface area contributed by atoms with Crippen molar-refractivity contribution < 1.29 is 18.3 Å². The molecule has 2 aromatic carbocycles. The lowest BCUT2D eigenvalue weighted by molar-refractivity contribution is 0.0596. The lowest BCUT2D eigenvalue weighted by Crippen LogP contribution is -2.06. The summed E-state index contributed by atoms with van der Waals surface area (Å²) in [7, 11) is 1.11. The molecule has 0 unspecified atom stereocenters. The molecule has 21 heavy (non-hydrogen) atoms. The summed E-state index contributed by atoms with van der Waals surface area (Å²) in [4.78, 5) is 11.6. The molecule has 6 heteroatoms. The van der Waals surface area contributed by atoms with Crippen molar-refractivity contribution >= 4 is 17.6 Å². The van der Waals surface area contributed by atoms with E-state index in [-0.39, 0.29) is 10.6 Å². The van der Waals surface area contributed by atoms with Crippen LogP contribution in [0.5, 0.6) is 0 Å². The summed E-state index contributed by atoms with van der Waals surface area (Å²) in [5.41, 5.74) is 0.116. The van der Waals surface area contributed by atoms with E-state index < -0.39 is 23.2 Å². The second kappa shape index (κ2) is 5.90. The average Bonchev–Trinajstić information content (AvgIpc) is 2.48. The molecular weight excluding hydrogens is 300 g/mol. The summed E-state index contributed by atoms with van der Waals surface area (Å²) in [5.74, 6) is -2.41. The van der Waals surface area contributed by atoms with E-state index in [4.69, 9.17) is 16.9 Å². The van der Waals surface area contributed by atoms with Crippen LogP contribution in [-0.2, 0) is 4.74 Å². The van der Waals surface area contributed by atoms with Crippen molar-refractivity contribution in [1.29, 1.82) is 5.26 Å². The van der Waals surface area contributed by atoms with Gasteiger partial charge in [0.05, 0.1) is 17.7 Å². The van der Waals surface area contributed by atoms with Crippen molar-refractivity contribution in [2.75, 3.05) is 7.11 Å². The fourth-order valence-corrected chi connectivity index (χ4v) is 2.18. The number of benzene rings is 2. The third-order valence-electron chi connectivity index (χ3n) is 2.88. The first kappa shape index (κ1) is 14.9. The first-order chi connectivity index (χ1) is 9.99. The van der Waals surface area contributed by atoms with Gasteiger partial charge in [0.1, 0.15) is 23.3 Å². The van der Waals surface area contributed by atoms with Crippen LogP contribution < -0.4 is 0 Å². The van der Waals surface area contributed by atoms with E-state index >= 15 is 0 Å². The van der Waals surface area contributed by atoms with Crippen LogP contribution in [0.15, 0.2) is 30.3 Å². The van der Waals surface area contributed by atoms with Crippen molar-refractivity contribution in [2.45, 2.75) is 0 Å². The van der Waals surface area contributed by atoms with Gasteiger partial charge in [-0.05, 0) is 29.8 Å². The molecule has 2 aromatic rings. The monoisotopic (exact) mass is 307 g/mol. The second-order valence-corrected chi connectivity index (χ2v) is 4.46. The number of hydrogen-bond donors (Lipinski definition) is 0. The highest BCUT2D eigenvalue weighted by molar-refractivity contribution is 6.36. The summed E-state index contributed by atoms with van der Waals surface area (Å²) in [5, 5.41) is 8.67. The van der Waals surface area contributed by atoms with Crippen LogP contribution in [0, 0.1) is 23.0 Å². The molecule has 2 rings (SSSR count). The van der Waals surface area contributed by atoms with Crippen molar-refractivity contribution in [3.8, 4) is 17.2 Å². The zero-order valence-electron chi connectivity index (χ0n) is 10.8. The van der Waals surface area contributed by atoms with Crippen molar-refractivity contribution in [3.05, 3.63) is 58.1 Å². The number of rotatable bonds is 2. The highest BCUT2D eigenvalue weighted by Gasteiger charge is 2.20. The SMILES string of the molecule is COC(=O)c1c(F)ccc(-c2ccc(F)c(C#N)c2)c1Cl. The Morgan fingerprint density at radius 1 is 1.24 bits per heavy atom. The number of methoxy groups -OCH3 is 1. The Labute approximate surface area is 124 Å². The minimum absolute atomic E-state index is 0.155. The molecule has 0 saturated carbocycles. The molecule has 106 valence electrons. The number of nitriles is 1. The van der Waals surface area contributed by atoms with Gasteiger partial charge in [-0.3, -0.25) is 0 Å². The summed E-state index contributed by atoms with van der Waals surface area (Å²) in [6.07, 6.45) is 0. The van der Waals surface area contributed by atoms with E-state index in [1.165, 1.54) is 18.2 Å². The molecule has 0 aliphatic carbocycles. The maximum atomic E-state index is 13.7.